The number of aromatic nitrogens is 1. The summed E-state index contributed by atoms with van der Waals surface area (Å²) < 4.78 is 27.0. The van der Waals surface area contributed by atoms with Crippen molar-refractivity contribution in [3.05, 3.63) is 65.6 Å². The van der Waals surface area contributed by atoms with Crippen LogP contribution in [0.1, 0.15) is 5.56 Å². The van der Waals surface area contributed by atoms with Gasteiger partial charge in [-0.3, -0.25) is 0 Å². The van der Waals surface area contributed by atoms with Gasteiger partial charge < -0.3 is 5.21 Å². The van der Waals surface area contributed by atoms with E-state index in [9.17, 15) is 13.6 Å². The van der Waals surface area contributed by atoms with Gasteiger partial charge in [0.25, 0.3) is 0 Å². The summed E-state index contributed by atoms with van der Waals surface area (Å²) in [6.07, 6.45) is 3.28. The average molecular weight is 278 g/mol. The first kappa shape index (κ1) is 13.5. The fraction of sp³-hybridized carbons (Fsp3) is 0.154. The molecule has 0 aliphatic carbocycles. The molecule has 0 spiro atoms. The van der Waals surface area contributed by atoms with Crippen LogP contribution in [0.15, 0.2) is 59.8 Å². The molecule has 1 heterocycles. The zero-order valence-electron chi connectivity index (χ0n) is 10.2. The SMILES string of the molecule is O=S(=O)(NCCc1ccc[n+]([O-])c1)c1ccccc1. The Balaban J connectivity index is 1.96. The van der Waals surface area contributed by atoms with Crippen molar-refractivity contribution in [3.63, 3.8) is 0 Å². The Labute approximate surface area is 112 Å². The third kappa shape index (κ3) is 3.77. The zero-order chi connectivity index (χ0) is 13.7. The summed E-state index contributed by atoms with van der Waals surface area (Å²) >= 11 is 0. The van der Waals surface area contributed by atoms with Crippen LogP contribution in [0, 0.1) is 5.21 Å². The van der Waals surface area contributed by atoms with E-state index in [0.717, 1.165) is 5.56 Å². The first-order valence-corrected chi connectivity index (χ1v) is 7.29. The van der Waals surface area contributed by atoms with E-state index >= 15 is 0 Å². The van der Waals surface area contributed by atoms with E-state index < -0.39 is 10.0 Å². The number of nitrogens with zero attached hydrogens (tertiary/aromatic N) is 1. The Hall–Kier alpha value is -1.92. The van der Waals surface area contributed by atoms with Crippen LogP contribution in [0.2, 0.25) is 0 Å². The molecule has 0 radical (unpaired) electrons. The molecule has 0 bridgehead atoms. The van der Waals surface area contributed by atoms with Gasteiger partial charge in [0.2, 0.25) is 10.0 Å². The normalized spacial score (nSPS) is 11.4. The molecule has 0 amide bonds. The van der Waals surface area contributed by atoms with Crippen LogP contribution in [0.4, 0.5) is 0 Å². The van der Waals surface area contributed by atoms with Crippen molar-refractivity contribution in [3.8, 4) is 0 Å². The molecule has 0 atom stereocenters. The largest absolute Gasteiger partial charge is 0.619 e. The highest BCUT2D eigenvalue weighted by atomic mass is 32.2. The molecule has 2 rings (SSSR count). The Morgan fingerprint density at radius 3 is 2.53 bits per heavy atom. The fourth-order valence-electron chi connectivity index (χ4n) is 1.66. The summed E-state index contributed by atoms with van der Waals surface area (Å²) in [5.41, 5.74) is 0.785. The molecule has 0 aliphatic rings. The Kier molecular flexibility index (Phi) is 4.13. The lowest BCUT2D eigenvalue weighted by Gasteiger charge is -2.06. The predicted molar refractivity (Wildman–Crippen MR) is 70.7 cm³/mol. The summed E-state index contributed by atoms with van der Waals surface area (Å²) in [6, 6.07) is 11.6. The van der Waals surface area contributed by atoms with Crippen LogP contribution in [-0.4, -0.2) is 15.0 Å². The van der Waals surface area contributed by atoms with Crippen LogP contribution < -0.4 is 9.45 Å². The fourth-order valence-corrected chi connectivity index (χ4v) is 2.71. The molecule has 0 fully saturated rings. The molecular formula is C13H14N2O3S. The first-order chi connectivity index (χ1) is 9.08. The van der Waals surface area contributed by atoms with Crippen LogP contribution in [-0.2, 0) is 16.4 Å². The number of pyridine rings is 1. The van der Waals surface area contributed by atoms with Crippen molar-refractivity contribution in [1.82, 2.24) is 4.72 Å². The molecule has 0 saturated carbocycles. The highest BCUT2D eigenvalue weighted by molar-refractivity contribution is 7.89. The summed E-state index contributed by atoms with van der Waals surface area (Å²) in [5.74, 6) is 0. The van der Waals surface area contributed by atoms with Crippen molar-refractivity contribution in [2.24, 2.45) is 0 Å². The van der Waals surface area contributed by atoms with Gasteiger partial charge in [0.1, 0.15) is 0 Å². The number of nitrogens with one attached hydrogen (secondary N) is 1. The molecule has 0 unspecified atom stereocenters. The van der Waals surface area contributed by atoms with E-state index in [0.29, 0.717) is 11.2 Å². The van der Waals surface area contributed by atoms with Crippen molar-refractivity contribution < 1.29 is 13.1 Å². The minimum absolute atomic E-state index is 0.238. The van der Waals surface area contributed by atoms with E-state index in [4.69, 9.17) is 0 Å². The van der Waals surface area contributed by atoms with Gasteiger partial charge in [-0.15, -0.1) is 0 Å². The molecule has 1 aromatic heterocycles. The maximum Gasteiger partial charge on any atom is 0.240 e. The van der Waals surface area contributed by atoms with Crippen LogP contribution in [0.5, 0.6) is 0 Å². The van der Waals surface area contributed by atoms with E-state index in [-0.39, 0.29) is 11.4 Å². The molecule has 0 saturated heterocycles. The molecule has 100 valence electrons. The van der Waals surface area contributed by atoms with Crippen LogP contribution in [0.25, 0.3) is 0 Å². The van der Waals surface area contributed by atoms with Crippen molar-refractivity contribution in [2.75, 3.05) is 6.54 Å². The second kappa shape index (κ2) is 5.81. The van der Waals surface area contributed by atoms with E-state index in [1.807, 2.05) is 0 Å². The lowest BCUT2D eigenvalue weighted by Crippen LogP contribution is -2.28. The standard InChI is InChI=1S/C13H14N2O3S/c16-15-10-4-5-12(11-15)8-9-14-19(17,18)13-6-2-1-3-7-13/h1-7,10-11,14H,8-9H2. The van der Waals surface area contributed by atoms with Gasteiger partial charge in [0.15, 0.2) is 12.4 Å². The minimum atomic E-state index is -3.48. The van der Waals surface area contributed by atoms with Gasteiger partial charge >= 0.3 is 0 Å². The van der Waals surface area contributed by atoms with Crippen molar-refractivity contribution in [2.45, 2.75) is 11.3 Å². The number of sulfonamides is 1. The minimum Gasteiger partial charge on any atom is -0.619 e. The van der Waals surface area contributed by atoms with Gasteiger partial charge in [-0.05, 0) is 24.6 Å². The topological polar surface area (TPSA) is 73.1 Å². The van der Waals surface area contributed by atoms with Gasteiger partial charge in [0.05, 0.1) is 4.90 Å². The highest BCUT2D eigenvalue weighted by Gasteiger charge is 2.12. The van der Waals surface area contributed by atoms with Crippen LogP contribution in [0.3, 0.4) is 0 Å². The summed E-state index contributed by atoms with van der Waals surface area (Å²) in [5, 5.41) is 11.0. The van der Waals surface area contributed by atoms with Gasteiger partial charge in [-0.2, -0.15) is 4.73 Å². The van der Waals surface area contributed by atoms with Crippen molar-refractivity contribution >= 4 is 10.0 Å². The Morgan fingerprint density at radius 2 is 1.84 bits per heavy atom. The smallest absolute Gasteiger partial charge is 0.240 e. The second-order valence-corrected chi connectivity index (χ2v) is 5.80. The number of rotatable bonds is 5. The molecule has 5 nitrogen and oxygen atoms in total. The molecule has 1 N–H and O–H groups in total. The molecule has 19 heavy (non-hydrogen) atoms. The summed E-state index contributed by atoms with van der Waals surface area (Å²) in [7, 11) is -3.48. The first-order valence-electron chi connectivity index (χ1n) is 5.80. The quantitative estimate of drug-likeness (QED) is 0.650. The van der Waals surface area contributed by atoms with E-state index in [2.05, 4.69) is 4.72 Å². The maximum atomic E-state index is 11.9. The second-order valence-electron chi connectivity index (χ2n) is 4.03. The molecule has 6 heteroatoms. The molecule has 0 aliphatic heterocycles. The Morgan fingerprint density at radius 1 is 1.11 bits per heavy atom. The number of hydrogen-bond acceptors (Lipinski definition) is 3. The highest BCUT2D eigenvalue weighted by Crippen LogP contribution is 2.07. The maximum absolute atomic E-state index is 11.9. The lowest BCUT2D eigenvalue weighted by molar-refractivity contribution is -0.605. The molecule has 2 aromatic rings. The summed E-state index contributed by atoms with van der Waals surface area (Å²) in [6.45, 7) is 0.251. The van der Waals surface area contributed by atoms with Crippen molar-refractivity contribution in [1.29, 1.82) is 0 Å². The average Bonchev–Trinajstić information content (AvgIpc) is 2.40. The number of benzene rings is 1. The molecular weight excluding hydrogens is 264 g/mol. The van der Waals surface area contributed by atoms with Gasteiger partial charge in [0, 0.05) is 18.2 Å². The van der Waals surface area contributed by atoms with Gasteiger partial charge in [-0.1, -0.05) is 18.2 Å². The monoisotopic (exact) mass is 278 g/mol. The van der Waals surface area contributed by atoms with Gasteiger partial charge in [-0.25, -0.2) is 13.1 Å². The Bertz CT molecular complexity index is 642. The third-order valence-electron chi connectivity index (χ3n) is 2.60. The number of hydrogen-bond donors (Lipinski definition) is 1. The van der Waals surface area contributed by atoms with Crippen LogP contribution >= 0.6 is 0 Å². The van der Waals surface area contributed by atoms with E-state index in [1.165, 1.54) is 24.5 Å². The summed E-state index contributed by atoms with van der Waals surface area (Å²) in [4.78, 5) is 0.238. The third-order valence-corrected chi connectivity index (χ3v) is 4.07. The zero-order valence-corrected chi connectivity index (χ0v) is 11.0. The molecule has 1 aromatic carbocycles. The predicted octanol–water partition coefficient (Wildman–Crippen LogP) is 0.841. The van der Waals surface area contributed by atoms with E-state index in [1.54, 1.807) is 30.3 Å². The lowest BCUT2D eigenvalue weighted by atomic mass is 10.2.